The molecule has 5 atom stereocenters. The van der Waals surface area contributed by atoms with Crippen LogP contribution in [0, 0.1) is 0 Å². The van der Waals surface area contributed by atoms with Gasteiger partial charge in [-0.15, -0.1) is 0 Å². The minimum atomic E-state index is -1.35. The highest BCUT2D eigenvalue weighted by atomic mass is 16.6. The molecular weight excluding hydrogens is 358 g/mol. The highest BCUT2D eigenvalue weighted by molar-refractivity contribution is 5.80. The number of aliphatic carboxylic acids is 2. The number of nitrogens with zero attached hydrogens (tertiary/aromatic N) is 3. The lowest BCUT2D eigenvalue weighted by atomic mass is 10.1. The summed E-state index contributed by atoms with van der Waals surface area (Å²) in [7, 11) is 0. The smallest absolute Gasteiger partial charge is 0.354 e. The van der Waals surface area contributed by atoms with Gasteiger partial charge in [-0.2, -0.15) is 4.98 Å². The number of rotatable bonds is 5. The Balaban J connectivity index is 0.000000321. The Labute approximate surface area is 145 Å². The van der Waals surface area contributed by atoms with Gasteiger partial charge < -0.3 is 41.7 Å². The van der Waals surface area contributed by atoms with E-state index in [2.05, 4.69) is 9.97 Å². The van der Waals surface area contributed by atoms with E-state index < -0.39 is 61.2 Å². The predicted molar refractivity (Wildman–Crippen MR) is 81.6 cm³/mol. The van der Waals surface area contributed by atoms with E-state index in [-0.39, 0.29) is 5.95 Å². The third-order valence-corrected chi connectivity index (χ3v) is 3.25. The molecule has 1 saturated heterocycles. The molecule has 1 aromatic rings. The second-order valence-corrected chi connectivity index (χ2v) is 5.18. The quantitative estimate of drug-likeness (QED) is 0.257. The number of carbonyl (C=O) groups is 2. The molecule has 1 aromatic heterocycles. The predicted octanol–water partition coefficient (Wildman–Crippen LogP) is -4.29. The first-order valence-electron chi connectivity index (χ1n) is 7.11. The second-order valence-electron chi connectivity index (χ2n) is 5.18. The topological polar surface area (TPSA) is 244 Å². The Hall–Kier alpha value is -2.65. The van der Waals surface area contributed by atoms with E-state index in [4.69, 9.17) is 31.5 Å². The summed E-state index contributed by atoms with van der Waals surface area (Å²) in [4.78, 5) is 38.0. The maximum absolute atomic E-state index is 11.5. The maximum Gasteiger partial charge on any atom is 0.354 e. The fourth-order valence-electron chi connectivity index (χ4n) is 1.92. The molecule has 9 N–H and O–H groups in total. The van der Waals surface area contributed by atoms with Gasteiger partial charge >= 0.3 is 17.6 Å². The lowest BCUT2D eigenvalue weighted by Crippen LogP contribution is -2.36. The Bertz CT molecular complexity index is 696. The summed E-state index contributed by atoms with van der Waals surface area (Å²) < 4.78 is 6.04. The number of aliphatic hydroxyl groups is 3. The van der Waals surface area contributed by atoms with Crippen LogP contribution < -0.4 is 17.2 Å². The Morgan fingerprint density at radius 1 is 1.31 bits per heavy atom. The van der Waals surface area contributed by atoms with Crippen LogP contribution in [0.15, 0.2) is 11.1 Å². The van der Waals surface area contributed by atoms with E-state index >= 15 is 0 Å². The van der Waals surface area contributed by atoms with Crippen molar-refractivity contribution < 1.29 is 39.9 Å². The number of nitrogens with two attached hydrogens (primary N) is 2. The minimum Gasteiger partial charge on any atom is -0.481 e. The van der Waals surface area contributed by atoms with Crippen molar-refractivity contribution in [3.05, 3.63) is 16.8 Å². The lowest BCUT2D eigenvalue weighted by molar-refractivity contribution is -0.144. The van der Waals surface area contributed by atoms with E-state index in [0.29, 0.717) is 0 Å². The maximum atomic E-state index is 11.5. The van der Waals surface area contributed by atoms with Crippen LogP contribution >= 0.6 is 0 Å². The van der Waals surface area contributed by atoms with Gasteiger partial charge in [0, 0.05) is 0 Å². The summed E-state index contributed by atoms with van der Waals surface area (Å²) in [6.07, 6.45) is -4.21. The monoisotopic (exact) mass is 377 g/mol. The SMILES string of the molecule is N[C@@H](CC(=O)O)C(=O)O.Nc1ncn([C@@H]2O[C@H](CO)[C@@H](O)[C@H]2O)c(=O)n1. The Morgan fingerprint density at radius 3 is 2.31 bits per heavy atom. The van der Waals surface area contributed by atoms with Gasteiger partial charge in [0.2, 0.25) is 5.95 Å². The molecule has 0 bridgehead atoms. The molecule has 1 aliphatic rings. The molecule has 0 aromatic carbocycles. The largest absolute Gasteiger partial charge is 0.481 e. The first kappa shape index (κ1) is 21.4. The van der Waals surface area contributed by atoms with E-state index in [1.165, 1.54) is 0 Å². The van der Waals surface area contributed by atoms with Crippen molar-refractivity contribution in [1.29, 1.82) is 0 Å². The molecule has 0 unspecified atom stereocenters. The molecule has 1 fully saturated rings. The molecule has 0 aliphatic carbocycles. The van der Waals surface area contributed by atoms with Gasteiger partial charge in [-0.1, -0.05) is 0 Å². The molecule has 0 saturated carbocycles. The molecule has 2 rings (SSSR count). The zero-order valence-electron chi connectivity index (χ0n) is 13.2. The van der Waals surface area contributed by atoms with Gasteiger partial charge in [0.05, 0.1) is 13.0 Å². The number of ether oxygens (including phenoxy) is 1. The number of hydrogen-bond acceptors (Lipinski definition) is 11. The van der Waals surface area contributed by atoms with Gasteiger partial charge in [0.1, 0.15) is 30.7 Å². The molecule has 146 valence electrons. The zero-order valence-corrected chi connectivity index (χ0v) is 13.2. The van der Waals surface area contributed by atoms with Gasteiger partial charge in [-0.05, 0) is 0 Å². The molecule has 2 heterocycles. The first-order chi connectivity index (χ1) is 12.1. The molecule has 0 radical (unpaired) electrons. The fourth-order valence-corrected chi connectivity index (χ4v) is 1.92. The van der Waals surface area contributed by atoms with Gasteiger partial charge in [0.25, 0.3) is 0 Å². The zero-order chi connectivity index (χ0) is 20.0. The first-order valence-corrected chi connectivity index (χ1v) is 7.11. The van der Waals surface area contributed by atoms with Crippen LogP contribution in [0.3, 0.4) is 0 Å². The number of aromatic nitrogens is 3. The van der Waals surface area contributed by atoms with Gasteiger partial charge in [-0.3, -0.25) is 14.2 Å². The normalized spacial score (nSPS) is 25.8. The summed E-state index contributed by atoms with van der Waals surface area (Å²) in [5.74, 6) is -2.69. The van der Waals surface area contributed by atoms with E-state index in [1.54, 1.807) is 0 Å². The van der Waals surface area contributed by atoms with E-state index in [9.17, 15) is 24.6 Å². The Kier molecular flexibility index (Phi) is 7.54. The average molecular weight is 377 g/mol. The van der Waals surface area contributed by atoms with Crippen molar-refractivity contribution in [3.8, 4) is 0 Å². The average Bonchev–Trinajstić information content (AvgIpc) is 2.83. The van der Waals surface area contributed by atoms with Crippen molar-refractivity contribution in [1.82, 2.24) is 14.5 Å². The van der Waals surface area contributed by atoms with Crippen LogP contribution in [-0.2, 0) is 14.3 Å². The number of nitrogen functional groups attached to an aromatic ring is 1. The van der Waals surface area contributed by atoms with E-state index in [0.717, 1.165) is 10.9 Å². The fraction of sp³-hybridized carbons (Fsp3) is 0.583. The molecule has 14 heteroatoms. The molecule has 1 aliphatic heterocycles. The number of carboxylic acid groups (broad SMARTS) is 2. The highest BCUT2D eigenvalue weighted by Gasteiger charge is 2.43. The number of hydrogen-bond donors (Lipinski definition) is 7. The van der Waals surface area contributed by atoms with Crippen LogP contribution in [0.1, 0.15) is 12.6 Å². The molecule has 26 heavy (non-hydrogen) atoms. The molecule has 14 nitrogen and oxygen atoms in total. The third kappa shape index (κ3) is 5.43. The summed E-state index contributed by atoms with van der Waals surface area (Å²) in [5.41, 5.74) is 9.29. The molecular formula is C12H19N5O9. The molecule has 0 amide bonds. The van der Waals surface area contributed by atoms with Crippen molar-refractivity contribution in [2.75, 3.05) is 12.3 Å². The number of anilines is 1. The van der Waals surface area contributed by atoms with Crippen LogP contribution in [-0.4, -0.2) is 83.0 Å². The molecule has 0 spiro atoms. The van der Waals surface area contributed by atoms with Crippen LogP contribution in [0.2, 0.25) is 0 Å². The van der Waals surface area contributed by atoms with Crippen molar-refractivity contribution >= 4 is 17.9 Å². The van der Waals surface area contributed by atoms with Gasteiger partial charge in [0.15, 0.2) is 6.23 Å². The van der Waals surface area contributed by atoms with Crippen molar-refractivity contribution in [2.45, 2.75) is 37.0 Å². The van der Waals surface area contributed by atoms with Crippen LogP contribution in [0.5, 0.6) is 0 Å². The van der Waals surface area contributed by atoms with Gasteiger partial charge in [-0.25, -0.2) is 9.78 Å². The lowest BCUT2D eigenvalue weighted by Gasteiger charge is -2.16. The summed E-state index contributed by atoms with van der Waals surface area (Å²) >= 11 is 0. The summed E-state index contributed by atoms with van der Waals surface area (Å²) in [6.45, 7) is -0.473. The Morgan fingerprint density at radius 2 is 1.92 bits per heavy atom. The summed E-state index contributed by atoms with van der Waals surface area (Å²) in [6, 6.07) is -1.29. The van der Waals surface area contributed by atoms with Crippen LogP contribution in [0.25, 0.3) is 0 Å². The van der Waals surface area contributed by atoms with E-state index in [1.807, 2.05) is 0 Å². The number of aliphatic hydroxyl groups excluding tert-OH is 3. The van der Waals surface area contributed by atoms with Crippen molar-refractivity contribution in [2.24, 2.45) is 5.73 Å². The highest BCUT2D eigenvalue weighted by Crippen LogP contribution is 2.27. The number of carboxylic acids is 2. The standard InChI is InChI=1S/C8H12N4O5.C4H7NO4/c9-7-10-2-12(8(16)11-7)6-5(15)4(14)3(1-13)17-6;5-2(4(8)9)1-3(6)7/h2-6,13-15H,1H2,(H2,9,11,16);2H,1,5H2,(H,6,7)(H,8,9)/t3-,4-,5-,6-;2-/m10/s1. The summed E-state index contributed by atoms with van der Waals surface area (Å²) in [5, 5.41) is 44.1. The second kappa shape index (κ2) is 9.16. The van der Waals surface area contributed by atoms with Crippen LogP contribution in [0.4, 0.5) is 5.95 Å². The van der Waals surface area contributed by atoms with Crippen molar-refractivity contribution in [3.63, 3.8) is 0 Å². The third-order valence-electron chi connectivity index (χ3n) is 3.25. The minimum absolute atomic E-state index is 0.196.